The van der Waals surface area contributed by atoms with Crippen LogP contribution in [-0.2, 0) is 41.4 Å². The van der Waals surface area contributed by atoms with Crippen LogP contribution in [-0.4, -0.2) is 85.0 Å². The minimum absolute atomic E-state index is 0.0819. The first-order chi connectivity index (χ1) is 25.4. The highest BCUT2D eigenvalue weighted by Crippen LogP contribution is 2.49. The van der Waals surface area contributed by atoms with Gasteiger partial charge < -0.3 is 33.7 Å². The van der Waals surface area contributed by atoms with Crippen molar-refractivity contribution in [3.8, 4) is 5.75 Å². The number of nitro benzene ring substituents is 1. The van der Waals surface area contributed by atoms with E-state index in [2.05, 4.69) is 11.9 Å². The SMILES string of the molecule is C=C(C)c1ccc(CC(=O)O[C@H]2CC(=O)N(C)c3cc(cc(OC)c3Cl)C/C(C)=C/C=C/[C@@H](OC)[C@@]3(O)C[C@H](OC(=O)N3)[C@@H](C)[C@@H]3O[C@@]23C)c([N+](=O)[O-])c1. The van der Waals surface area contributed by atoms with Crippen molar-refractivity contribution in [2.75, 3.05) is 26.2 Å². The Hall–Kier alpha value is -4.76. The average molecular weight is 768 g/mol. The fourth-order valence-electron chi connectivity index (χ4n) is 7.11. The van der Waals surface area contributed by atoms with Crippen LogP contribution in [0.4, 0.5) is 16.2 Å². The summed E-state index contributed by atoms with van der Waals surface area (Å²) in [6.07, 6.45) is 0.0971. The standard InChI is InChI=1S/C39H46ClN3O11/c1-21(2)25-12-13-26(27(17-25)43(48)49)18-34(45)53-32-19-33(44)42(6)28-15-24(16-29(50-7)35(28)40)14-22(3)10-9-11-31(51-8)39(47)20-30(52-37(46)41-39)23(4)36-38(32,5)54-36/h9-13,15-17,23,30-32,36,47H,1,14,18-20H2,2-8H3,(H,41,46)/b11-9+,22-10+/t23-,30+,31-,32+,36+,38+,39+/m1/s1. The van der Waals surface area contributed by atoms with E-state index in [4.69, 9.17) is 35.3 Å². The number of aliphatic hydroxyl groups is 1. The number of amides is 2. The third kappa shape index (κ3) is 8.46. The van der Waals surface area contributed by atoms with Crippen LogP contribution in [0.3, 0.4) is 0 Å². The average Bonchev–Trinajstić information content (AvgIpc) is 3.81. The van der Waals surface area contributed by atoms with E-state index in [1.165, 1.54) is 31.3 Å². The van der Waals surface area contributed by atoms with Gasteiger partial charge in [-0.1, -0.05) is 66.6 Å². The molecule has 2 amide bonds. The largest absolute Gasteiger partial charge is 0.495 e. The number of rotatable bonds is 7. The first-order valence-electron chi connectivity index (χ1n) is 17.4. The number of nitrogens with zero attached hydrogens (tertiary/aromatic N) is 2. The minimum atomic E-state index is -1.85. The number of halogens is 1. The second-order valence-electron chi connectivity index (χ2n) is 14.3. The van der Waals surface area contributed by atoms with Gasteiger partial charge in [-0.05, 0) is 50.5 Å². The molecule has 14 nitrogen and oxygen atoms in total. The minimum Gasteiger partial charge on any atom is -0.495 e. The molecular weight excluding hydrogens is 722 g/mol. The third-order valence-electron chi connectivity index (χ3n) is 10.3. The molecule has 3 aliphatic rings. The Morgan fingerprint density at radius 2 is 1.96 bits per heavy atom. The van der Waals surface area contributed by atoms with Crippen molar-refractivity contribution < 1.29 is 48.1 Å². The number of nitro groups is 1. The predicted molar refractivity (Wildman–Crippen MR) is 200 cm³/mol. The molecule has 0 aromatic heterocycles. The van der Waals surface area contributed by atoms with Gasteiger partial charge in [0.25, 0.3) is 5.69 Å². The second kappa shape index (κ2) is 15.9. The van der Waals surface area contributed by atoms with Gasteiger partial charge in [-0.15, -0.1) is 0 Å². The van der Waals surface area contributed by atoms with Gasteiger partial charge >= 0.3 is 12.1 Å². The number of methoxy groups -OCH3 is 2. The topological polar surface area (TPSA) is 179 Å². The highest BCUT2D eigenvalue weighted by molar-refractivity contribution is 6.35. The van der Waals surface area contributed by atoms with Gasteiger partial charge in [-0.2, -0.15) is 0 Å². The number of anilines is 1. The van der Waals surface area contributed by atoms with E-state index in [0.717, 1.165) is 11.1 Å². The van der Waals surface area contributed by atoms with Crippen LogP contribution in [0.5, 0.6) is 5.75 Å². The van der Waals surface area contributed by atoms with Gasteiger partial charge in [0.15, 0.2) is 5.72 Å². The van der Waals surface area contributed by atoms with Gasteiger partial charge in [-0.25, -0.2) is 4.79 Å². The van der Waals surface area contributed by atoms with E-state index in [-0.39, 0.29) is 29.1 Å². The van der Waals surface area contributed by atoms with Crippen molar-refractivity contribution >= 4 is 46.5 Å². The number of epoxide rings is 1. The van der Waals surface area contributed by atoms with Crippen molar-refractivity contribution in [2.45, 2.75) is 89.1 Å². The molecule has 0 unspecified atom stereocenters. The first-order valence-corrected chi connectivity index (χ1v) is 17.8. The normalized spacial score (nSPS) is 30.1. The lowest BCUT2D eigenvalue weighted by Crippen LogP contribution is -2.63. The number of carbonyl (C=O) groups is 3. The van der Waals surface area contributed by atoms with Crippen molar-refractivity contribution in [2.24, 2.45) is 5.92 Å². The summed E-state index contributed by atoms with van der Waals surface area (Å²) in [5.74, 6) is -1.54. The van der Waals surface area contributed by atoms with E-state index in [1.807, 2.05) is 13.0 Å². The summed E-state index contributed by atoms with van der Waals surface area (Å²) in [7, 11) is 4.43. The summed E-state index contributed by atoms with van der Waals surface area (Å²) in [5, 5.41) is 26.4. The number of hydrogen-bond acceptors (Lipinski definition) is 11. The monoisotopic (exact) mass is 767 g/mol. The summed E-state index contributed by atoms with van der Waals surface area (Å²) < 4.78 is 29.0. The maximum absolute atomic E-state index is 14.1. The molecule has 54 heavy (non-hydrogen) atoms. The molecule has 2 saturated heterocycles. The smallest absolute Gasteiger partial charge is 0.409 e. The zero-order valence-corrected chi connectivity index (χ0v) is 32.1. The lowest BCUT2D eigenvalue weighted by Gasteiger charge is -2.42. The predicted octanol–water partition coefficient (Wildman–Crippen LogP) is 5.85. The van der Waals surface area contributed by atoms with Crippen molar-refractivity contribution in [1.29, 1.82) is 0 Å². The number of alkyl carbamates (subject to hydrolysis) is 1. The maximum Gasteiger partial charge on any atom is 0.409 e. The van der Waals surface area contributed by atoms with Gasteiger partial charge in [0.05, 0.1) is 36.7 Å². The van der Waals surface area contributed by atoms with E-state index in [0.29, 0.717) is 29.0 Å². The lowest BCUT2D eigenvalue weighted by molar-refractivity contribution is -0.385. The molecule has 0 saturated carbocycles. The van der Waals surface area contributed by atoms with Crippen molar-refractivity contribution in [3.05, 3.63) is 92.5 Å². The third-order valence-corrected chi connectivity index (χ3v) is 10.7. The molecule has 0 spiro atoms. The summed E-state index contributed by atoms with van der Waals surface area (Å²) in [4.78, 5) is 53.3. The van der Waals surface area contributed by atoms with Gasteiger partial charge in [0.1, 0.15) is 34.7 Å². The Balaban J connectivity index is 1.55. The fraction of sp³-hybridized carbons (Fsp3) is 0.462. The number of benzene rings is 2. The molecule has 2 fully saturated rings. The Bertz CT molecular complexity index is 1910. The second-order valence-corrected chi connectivity index (χ2v) is 14.7. The summed E-state index contributed by atoms with van der Waals surface area (Å²) in [6, 6.07) is 7.99. The highest BCUT2D eigenvalue weighted by Gasteiger charge is 2.64. The Kier molecular flexibility index (Phi) is 11.9. The van der Waals surface area contributed by atoms with Crippen LogP contribution >= 0.6 is 11.6 Å². The van der Waals surface area contributed by atoms with Crippen molar-refractivity contribution in [1.82, 2.24) is 5.32 Å². The Morgan fingerprint density at radius 3 is 2.61 bits per heavy atom. The zero-order valence-electron chi connectivity index (χ0n) is 31.3. The van der Waals surface area contributed by atoms with Crippen LogP contribution in [0.1, 0.15) is 57.2 Å². The molecule has 15 heteroatoms. The summed E-state index contributed by atoms with van der Waals surface area (Å²) >= 11 is 6.74. The number of esters is 1. The van der Waals surface area contributed by atoms with Crippen LogP contribution in [0.15, 0.2) is 60.7 Å². The van der Waals surface area contributed by atoms with E-state index in [1.54, 1.807) is 58.2 Å². The number of nitrogens with one attached hydrogen (secondary N) is 1. The molecular formula is C39H46ClN3O11. The number of allylic oxidation sites excluding steroid dienone is 4. The number of fused-ring (bicyclic) bond motifs is 5. The summed E-state index contributed by atoms with van der Waals surface area (Å²) in [5.41, 5.74) is -0.0835. The molecule has 4 bridgehead atoms. The van der Waals surface area contributed by atoms with E-state index < -0.39 is 71.0 Å². The fourth-order valence-corrected chi connectivity index (χ4v) is 7.42. The number of ether oxygens (including phenoxy) is 5. The Morgan fingerprint density at radius 1 is 1.24 bits per heavy atom. The van der Waals surface area contributed by atoms with E-state index in [9.17, 15) is 29.6 Å². The first kappa shape index (κ1) is 40.4. The van der Waals surface area contributed by atoms with Crippen LogP contribution in [0.2, 0.25) is 5.02 Å². The molecule has 290 valence electrons. The van der Waals surface area contributed by atoms with Crippen LogP contribution in [0, 0.1) is 16.0 Å². The molecule has 3 aliphatic heterocycles. The molecule has 7 atom stereocenters. The number of hydrogen-bond donors (Lipinski definition) is 2. The summed E-state index contributed by atoms with van der Waals surface area (Å²) in [6.45, 7) is 10.9. The quantitative estimate of drug-likeness (QED) is 0.149. The molecule has 0 aliphatic carbocycles. The zero-order chi connectivity index (χ0) is 39.7. The maximum atomic E-state index is 14.1. The number of carbonyl (C=O) groups excluding carboxylic acids is 3. The van der Waals surface area contributed by atoms with Gasteiger partial charge in [-0.3, -0.25) is 25.0 Å². The van der Waals surface area contributed by atoms with E-state index >= 15 is 0 Å². The molecule has 2 aromatic rings. The molecule has 3 heterocycles. The highest BCUT2D eigenvalue weighted by atomic mass is 35.5. The van der Waals surface area contributed by atoms with Crippen LogP contribution in [0.25, 0.3) is 5.57 Å². The molecule has 2 N–H and O–H groups in total. The Labute approximate surface area is 318 Å². The molecule has 0 radical (unpaired) electrons. The lowest BCUT2D eigenvalue weighted by atomic mass is 9.83. The molecule has 5 rings (SSSR count). The van der Waals surface area contributed by atoms with Crippen LogP contribution < -0.4 is 15.0 Å². The van der Waals surface area contributed by atoms with Gasteiger partial charge in [0.2, 0.25) is 5.91 Å². The molecule has 2 aromatic carbocycles. The van der Waals surface area contributed by atoms with Crippen molar-refractivity contribution in [3.63, 3.8) is 0 Å². The van der Waals surface area contributed by atoms with Gasteiger partial charge in [0, 0.05) is 38.1 Å².